The van der Waals surface area contributed by atoms with Crippen LogP contribution in [0.25, 0.3) is 10.8 Å². The highest BCUT2D eigenvalue weighted by molar-refractivity contribution is 7.71. The largest absolute Gasteiger partial charge is 0.250 e. The van der Waals surface area contributed by atoms with E-state index in [0.717, 1.165) is 11.4 Å². The molecule has 0 unspecified atom stereocenters. The monoisotopic (exact) mass is 336 g/mol. The molecular formula is C19H20N4S. The van der Waals surface area contributed by atoms with Crippen molar-refractivity contribution in [3.63, 3.8) is 0 Å². The first-order valence-electron chi connectivity index (χ1n) is 8.52. The smallest absolute Gasteiger partial charge is 0.216 e. The molecule has 122 valence electrons. The third kappa shape index (κ3) is 2.91. The van der Waals surface area contributed by atoms with E-state index in [1.807, 2.05) is 6.21 Å². The lowest BCUT2D eigenvalue weighted by atomic mass is 9.89. The minimum atomic E-state index is 0.455. The van der Waals surface area contributed by atoms with Gasteiger partial charge in [-0.25, -0.2) is 0 Å². The predicted octanol–water partition coefficient (Wildman–Crippen LogP) is 5.02. The van der Waals surface area contributed by atoms with E-state index in [4.69, 9.17) is 12.2 Å². The number of nitrogens with one attached hydrogen (secondary N) is 1. The molecular weight excluding hydrogens is 316 g/mol. The van der Waals surface area contributed by atoms with Crippen LogP contribution in [-0.4, -0.2) is 21.1 Å². The van der Waals surface area contributed by atoms with E-state index in [1.54, 1.807) is 4.68 Å². The number of fused-ring (bicyclic) bond motifs is 1. The summed E-state index contributed by atoms with van der Waals surface area (Å²) in [6.45, 7) is 0. The molecule has 0 radical (unpaired) electrons. The van der Waals surface area contributed by atoms with Gasteiger partial charge in [0.05, 0.1) is 6.21 Å². The van der Waals surface area contributed by atoms with Crippen molar-refractivity contribution in [3.05, 3.63) is 58.6 Å². The molecule has 24 heavy (non-hydrogen) atoms. The number of nitrogens with zero attached hydrogens (tertiary/aromatic N) is 3. The zero-order chi connectivity index (χ0) is 16.4. The Balaban J connectivity index is 1.71. The van der Waals surface area contributed by atoms with Gasteiger partial charge in [-0.3, -0.25) is 5.10 Å². The normalized spacial score (nSPS) is 16.2. The molecule has 0 amide bonds. The highest BCUT2D eigenvalue weighted by Gasteiger charge is 2.21. The molecule has 0 aliphatic heterocycles. The average molecular weight is 336 g/mol. The second-order valence-electron chi connectivity index (χ2n) is 6.35. The van der Waals surface area contributed by atoms with Gasteiger partial charge in [0.15, 0.2) is 5.82 Å². The Bertz CT molecular complexity index is 926. The summed E-state index contributed by atoms with van der Waals surface area (Å²) < 4.78 is 2.36. The third-order valence-electron chi connectivity index (χ3n) is 4.78. The van der Waals surface area contributed by atoms with E-state index < -0.39 is 0 Å². The van der Waals surface area contributed by atoms with Crippen LogP contribution >= 0.6 is 12.2 Å². The van der Waals surface area contributed by atoms with E-state index in [1.165, 1.54) is 42.9 Å². The molecule has 1 aromatic heterocycles. The molecule has 2 aromatic carbocycles. The van der Waals surface area contributed by atoms with Gasteiger partial charge in [0.2, 0.25) is 4.77 Å². The van der Waals surface area contributed by atoms with Crippen LogP contribution in [-0.2, 0) is 0 Å². The zero-order valence-electron chi connectivity index (χ0n) is 13.5. The molecule has 5 heteroatoms. The van der Waals surface area contributed by atoms with E-state index in [-0.39, 0.29) is 0 Å². The quantitative estimate of drug-likeness (QED) is 0.539. The summed E-state index contributed by atoms with van der Waals surface area (Å²) in [4.78, 5) is 0. The van der Waals surface area contributed by atoms with Crippen LogP contribution < -0.4 is 0 Å². The van der Waals surface area contributed by atoms with Gasteiger partial charge >= 0.3 is 0 Å². The molecule has 1 saturated carbocycles. The summed E-state index contributed by atoms with van der Waals surface area (Å²) >= 11 is 5.38. The Hall–Kier alpha value is -2.27. The highest BCUT2D eigenvalue weighted by atomic mass is 32.1. The van der Waals surface area contributed by atoms with Gasteiger partial charge in [0.25, 0.3) is 0 Å². The summed E-state index contributed by atoms with van der Waals surface area (Å²) in [6.07, 6.45) is 8.07. The first kappa shape index (κ1) is 15.3. The molecule has 1 aliphatic rings. The molecule has 0 spiro atoms. The van der Waals surface area contributed by atoms with Crippen LogP contribution in [0.1, 0.15) is 49.4 Å². The lowest BCUT2D eigenvalue weighted by molar-refractivity contribution is 0.419. The second kappa shape index (κ2) is 6.69. The maximum atomic E-state index is 5.38. The first-order valence-corrected chi connectivity index (χ1v) is 8.93. The fraction of sp³-hybridized carbons (Fsp3) is 0.316. The number of aromatic amines is 1. The van der Waals surface area contributed by atoms with E-state index in [2.05, 4.69) is 57.8 Å². The topological polar surface area (TPSA) is 46.0 Å². The molecule has 1 heterocycles. The van der Waals surface area contributed by atoms with Crippen molar-refractivity contribution < 1.29 is 0 Å². The van der Waals surface area contributed by atoms with Crippen LogP contribution in [0.4, 0.5) is 0 Å². The van der Waals surface area contributed by atoms with Crippen molar-refractivity contribution in [1.82, 2.24) is 14.9 Å². The van der Waals surface area contributed by atoms with Gasteiger partial charge in [0.1, 0.15) is 0 Å². The SMILES string of the molecule is S=c1[nH]nc(C2CCCCC2)n1N=Cc1cccc2ccccc12. The maximum absolute atomic E-state index is 5.38. The zero-order valence-corrected chi connectivity index (χ0v) is 14.3. The fourth-order valence-electron chi connectivity index (χ4n) is 3.52. The summed E-state index contributed by atoms with van der Waals surface area (Å²) in [7, 11) is 0. The number of benzene rings is 2. The molecule has 1 fully saturated rings. The molecule has 0 saturated heterocycles. The Morgan fingerprint density at radius 1 is 1.08 bits per heavy atom. The van der Waals surface area contributed by atoms with Crippen LogP contribution in [0.5, 0.6) is 0 Å². The highest BCUT2D eigenvalue weighted by Crippen LogP contribution is 2.31. The Labute approximate surface area is 146 Å². The van der Waals surface area contributed by atoms with Crippen molar-refractivity contribution in [2.45, 2.75) is 38.0 Å². The minimum Gasteiger partial charge on any atom is -0.250 e. The molecule has 0 atom stereocenters. The van der Waals surface area contributed by atoms with Gasteiger partial charge in [-0.05, 0) is 35.8 Å². The van der Waals surface area contributed by atoms with E-state index in [9.17, 15) is 0 Å². The van der Waals surface area contributed by atoms with Crippen molar-refractivity contribution in [2.75, 3.05) is 0 Å². The lowest BCUT2D eigenvalue weighted by Crippen LogP contribution is -2.10. The van der Waals surface area contributed by atoms with Crippen molar-refractivity contribution in [3.8, 4) is 0 Å². The molecule has 4 nitrogen and oxygen atoms in total. The number of rotatable bonds is 3. The van der Waals surface area contributed by atoms with Crippen LogP contribution in [0.2, 0.25) is 0 Å². The van der Waals surface area contributed by atoms with Gasteiger partial charge in [-0.2, -0.15) is 14.9 Å². The molecule has 1 aliphatic carbocycles. The predicted molar refractivity (Wildman–Crippen MR) is 100 cm³/mol. The number of hydrogen-bond acceptors (Lipinski definition) is 3. The number of H-pyrrole nitrogens is 1. The van der Waals surface area contributed by atoms with Crippen molar-refractivity contribution in [2.24, 2.45) is 5.10 Å². The average Bonchev–Trinajstić information content (AvgIpc) is 3.01. The van der Waals surface area contributed by atoms with Gasteiger partial charge in [-0.1, -0.05) is 61.7 Å². The summed E-state index contributed by atoms with van der Waals surface area (Å²) in [5, 5.41) is 14.4. The number of aromatic nitrogens is 3. The van der Waals surface area contributed by atoms with Gasteiger partial charge in [-0.15, -0.1) is 0 Å². The maximum Gasteiger partial charge on any atom is 0.216 e. The summed E-state index contributed by atoms with van der Waals surface area (Å²) in [6, 6.07) is 14.6. The molecule has 4 rings (SSSR count). The lowest BCUT2D eigenvalue weighted by Gasteiger charge is -2.19. The van der Waals surface area contributed by atoms with E-state index >= 15 is 0 Å². The van der Waals surface area contributed by atoms with Crippen LogP contribution in [0.15, 0.2) is 47.6 Å². The van der Waals surface area contributed by atoms with Crippen molar-refractivity contribution in [1.29, 1.82) is 0 Å². The Kier molecular flexibility index (Phi) is 4.26. The second-order valence-corrected chi connectivity index (χ2v) is 6.73. The number of hydrogen-bond donors (Lipinski definition) is 1. The standard InChI is InChI=1S/C19H20N4S/c24-19-22-21-18(15-8-2-1-3-9-15)23(19)20-13-16-11-6-10-14-7-4-5-12-17(14)16/h4-7,10-13,15H,1-3,8-9H2,(H,22,24). The molecule has 0 bridgehead atoms. The fourth-order valence-corrected chi connectivity index (χ4v) is 3.71. The van der Waals surface area contributed by atoms with Gasteiger partial charge in [0, 0.05) is 11.5 Å². The van der Waals surface area contributed by atoms with Crippen molar-refractivity contribution >= 4 is 29.2 Å². The van der Waals surface area contributed by atoms with E-state index in [0.29, 0.717) is 10.7 Å². The summed E-state index contributed by atoms with van der Waals surface area (Å²) in [5.41, 5.74) is 1.09. The van der Waals surface area contributed by atoms with Crippen LogP contribution in [0, 0.1) is 4.77 Å². The third-order valence-corrected chi connectivity index (χ3v) is 5.05. The summed E-state index contributed by atoms with van der Waals surface area (Å²) in [5.74, 6) is 1.42. The molecule has 1 N–H and O–H groups in total. The minimum absolute atomic E-state index is 0.455. The Morgan fingerprint density at radius 3 is 2.75 bits per heavy atom. The van der Waals surface area contributed by atoms with Crippen LogP contribution in [0.3, 0.4) is 0 Å². The Morgan fingerprint density at radius 2 is 1.88 bits per heavy atom. The van der Waals surface area contributed by atoms with Gasteiger partial charge < -0.3 is 0 Å². The molecule has 3 aromatic rings. The first-order chi connectivity index (χ1) is 11.8.